The van der Waals surface area contributed by atoms with Crippen molar-refractivity contribution >= 4 is 27.8 Å². The summed E-state index contributed by atoms with van der Waals surface area (Å²) in [7, 11) is -6.12. The molecule has 0 saturated heterocycles. The summed E-state index contributed by atoms with van der Waals surface area (Å²) in [6.07, 6.45) is 5.90. The lowest BCUT2D eigenvalue weighted by atomic mass is 10.4. The third-order valence-corrected chi connectivity index (χ3v) is 9.71. The average Bonchev–Trinajstić information content (AvgIpc) is 2.55. The number of rotatable bonds is 16. The first-order valence-corrected chi connectivity index (χ1v) is 13.3. The van der Waals surface area contributed by atoms with Crippen molar-refractivity contribution < 1.29 is 17.4 Å². The van der Waals surface area contributed by atoms with Gasteiger partial charge in [0.1, 0.15) is 0 Å². The van der Waals surface area contributed by atoms with Gasteiger partial charge in [-0.3, -0.25) is 0 Å². The van der Waals surface area contributed by atoms with Crippen LogP contribution in [-0.4, -0.2) is 36.5 Å². The van der Waals surface area contributed by atoms with Crippen LogP contribution in [0.2, 0.25) is 0 Å². The van der Waals surface area contributed by atoms with Gasteiger partial charge in [0.05, 0.1) is 0 Å². The number of hydrogen-bond donors (Lipinski definition) is 0. The van der Waals surface area contributed by atoms with Crippen LogP contribution in [0.4, 0.5) is 0 Å². The molecule has 0 aliphatic rings. The van der Waals surface area contributed by atoms with E-state index in [1.807, 2.05) is 0 Å². The Morgan fingerprint density at radius 2 is 1.22 bits per heavy atom. The van der Waals surface area contributed by atoms with E-state index >= 15 is 0 Å². The zero-order valence-corrected chi connectivity index (χ0v) is 17.7. The first-order valence-electron chi connectivity index (χ1n) is 8.59. The van der Waals surface area contributed by atoms with Gasteiger partial charge in [-0.2, -0.15) is 0 Å². The monoisotopic (exact) mass is 380 g/mol. The molecule has 0 spiro atoms. The molecule has 0 fully saturated rings. The second kappa shape index (κ2) is 13.3. The molecule has 0 N–H and O–H groups in total. The number of hydrogen-bond acceptors (Lipinski definition) is 4. The van der Waals surface area contributed by atoms with Gasteiger partial charge in [-0.05, 0) is 30.7 Å². The van der Waals surface area contributed by atoms with Gasteiger partial charge in [0.25, 0.3) is 0 Å². The van der Waals surface area contributed by atoms with E-state index in [0.717, 1.165) is 38.5 Å². The maximum atomic E-state index is 6.55. The Morgan fingerprint density at radius 1 is 0.783 bits per heavy atom. The predicted molar refractivity (Wildman–Crippen MR) is 101 cm³/mol. The van der Waals surface area contributed by atoms with E-state index in [-0.39, 0.29) is 0 Å². The quantitative estimate of drug-likeness (QED) is 0.214. The van der Waals surface area contributed by atoms with E-state index in [1.54, 1.807) is 11.4 Å². The van der Waals surface area contributed by atoms with E-state index in [2.05, 4.69) is 33.9 Å². The van der Waals surface area contributed by atoms with Gasteiger partial charge in [-0.15, -0.1) is 6.58 Å². The van der Waals surface area contributed by atoms with Crippen molar-refractivity contribution in [2.45, 2.75) is 59.3 Å². The largest absolute Gasteiger partial charge is 0.521 e. The zero-order valence-electron chi connectivity index (χ0n) is 14.9. The smallest absolute Gasteiger partial charge is 0.380 e. The van der Waals surface area contributed by atoms with Crippen molar-refractivity contribution in [3.8, 4) is 0 Å². The Labute approximate surface area is 149 Å². The summed E-state index contributed by atoms with van der Waals surface area (Å²) in [5.41, 5.74) is 3.22. The fourth-order valence-corrected chi connectivity index (χ4v) is 7.50. The van der Waals surface area contributed by atoms with E-state index < -0.39 is 16.7 Å². The summed E-state index contributed by atoms with van der Waals surface area (Å²) >= 11 is 6.55. The molecule has 0 amide bonds. The third-order valence-electron chi connectivity index (χ3n) is 3.17. The molecule has 1 atom stereocenters. The fraction of sp³-hybridized carbons (Fsp3) is 0.750. The van der Waals surface area contributed by atoms with Crippen LogP contribution in [0.1, 0.15) is 59.3 Å². The summed E-state index contributed by atoms with van der Waals surface area (Å²) in [4.78, 5) is 0. The molecule has 0 aromatic rings. The topological polar surface area (TPSA) is 36.9 Å². The Hall–Kier alpha value is 0.0438. The minimum Gasteiger partial charge on any atom is -0.380 e. The van der Waals surface area contributed by atoms with Gasteiger partial charge >= 0.3 is 16.7 Å². The summed E-state index contributed by atoms with van der Waals surface area (Å²) in [5.74, 6) is 0. The van der Waals surface area contributed by atoms with Crippen LogP contribution in [0.25, 0.3) is 0 Å². The molecule has 0 aromatic heterocycles. The van der Waals surface area contributed by atoms with E-state index in [0.29, 0.717) is 19.8 Å². The maximum Gasteiger partial charge on any atom is 0.521 e. The molecule has 0 rings (SSSR count). The highest BCUT2D eigenvalue weighted by Gasteiger charge is 2.48. The number of unbranched alkanes of at least 4 members (excludes halogenated alkanes) is 3. The molecule has 0 aliphatic heterocycles. The standard InChI is InChI=1S/C16H33ClO4Si2/c1-6-11-14-18-22(17,9-4)21-23(10-5,19-15-12-7-2)20-16-13-8-3/h9-10H,4-8,11-16H2,1-3H3. The van der Waals surface area contributed by atoms with Crippen molar-refractivity contribution in [1.82, 2.24) is 0 Å². The normalized spacial score (nSPS) is 14.4. The molecule has 0 radical (unpaired) electrons. The summed E-state index contributed by atoms with van der Waals surface area (Å²) in [6, 6.07) is 0. The van der Waals surface area contributed by atoms with E-state index in [9.17, 15) is 0 Å². The SMILES string of the molecule is C=C[Si](Cl)(OCCCC)O[Si](C=C)(OCCCC)OCCCC. The predicted octanol–water partition coefficient (Wildman–Crippen LogP) is 5.02. The Bertz CT molecular complexity index is 321. The minimum atomic E-state index is -3.06. The second-order valence-electron chi connectivity index (χ2n) is 5.30. The Kier molecular flexibility index (Phi) is 13.4. The molecule has 4 nitrogen and oxygen atoms in total. The molecule has 136 valence electrons. The summed E-state index contributed by atoms with van der Waals surface area (Å²) in [6.45, 7) is 15.6. The van der Waals surface area contributed by atoms with Crippen LogP contribution in [0.3, 0.4) is 0 Å². The third kappa shape index (κ3) is 9.81. The molecule has 0 aromatic carbocycles. The van der Waals surface area contributed by atoms with Gasteiger partial charge in [0.2, 0.25) is 0 Å². The highest BCUT2D eigenvalue weighted by Crippen LogP contribution is 2.24. The van der Waals surface area contributed by atoms with Gasteiger partial charge in [0, 0.05) is 19.8 Å². The fourth-order valence-electron chi connectivity index (χ4n) is 1.66. The van der Waals surface area contributed by atoms with Crippen LogP contribution >= 0.6 is 11.1 Å². The van der Waals surface area contributed by atoms with Crippen molar-refractivity contribution in [2.75, 3.05) is 19.8 Å². The molecule has 0 bridgehead atoms. The van der Waals surface area contributed by atoms with Crippen molar-refractivity contribution in [2.24, 2.45) is 0 Å². The minimum absolute atomic E-state index is 0.545. The van der Waals surface area contributed by atoms with Crippen LogP contribution in [0, 0.1) is 0 Å². The lowest BCUT2D eigenvalue weighted by Crippen LogP contribution is -2.53. The molecular weight excluding hydrogens is 348 g/mol. The van der Waals surface area contributed by atoms with Crippen LogP contribution in [-0.2, 0) is 17.4 Å². The lowest BCUT2D eigenvalue weighted by Gasteiger charge is -2.32. The first-order chi connectivity index (χ1) is 11.0. The number of halogens is 1. The van der Waals surface area contributed by atoms with Crippen LogP contribution in [0.5, 0.6) is 0 Å². The maximum absolute atomic E-state index is 6.55. The van der Waals surface area contributed by atoms with Gasteiger partial charge in [0.15, 0.2) is 0 Å². The van der Waals surface area contributed by atoms with Gasteiger partial charge in [-0.25, -0.2) is 0 Å². The van der Waals surface area contributed by atoms with Crippen molar-refractivity contribution in [3.05, 3.63) is 24.6 Å². The molecule has 0 heterocycles. The summed E-state index contributed by atoms with van der Waals surface area (Å²) in [5, 5.41) is 0. The Balaban J connectivity index is 4.96. The second-order valence-corrected chi connectivity index (χ2v) is 11.8. The Morgan fingerprint density at radius 3 is 1.57 bits per heavy atom. The van der Waals surface area contributed by atoms with Crippen LogP contribution in [0.15, 0.2) is 24.6 Å². The zero-order chi connectivity index (χ0) is 17.6. The first kappa shape index (κ1) is 23.0. The average molecular weight is 381 g/mol. The van der Waals surface area contributed by atoms with E-state index in [1.165, 1.54) is 0 Å². The molecule has 0 saturated carbocycles. The van der Waals surface area contributed by atoms with Gasteiger partial charge < -0.3 is 17.4 Å². The van der Waals surface area contributed by atoms with Crippen molar-refractivity contribution in [1.29, 1.82) is 0 Å². The molecular formula is C16H33ClO4Si2. The molecule has 23 heavy (non-hydrogen) atoms. The molecule has 0 aliphatic carbocycles. The van der Waals surface area contributed by atoms with E-state index in [4.69, 9.17) is 28.5 Å². The molecule has 7 heteroatoms. The van der Waals surface area contributed by atoms with Crippen LogP contribution < -0.4 is 0 Å². The highest BCUT2D eigenvalue weighted by molar-refractivity contribution is 7.18. The molecule has 1 unspecified atom stereocenters. The van der Waals surface area contributed by atoms with Crippen molar-refractivity contribution in [3.63, 3.8) is 0 Å². The highest BCUT2D eigenvalue weighted by atomic mass is 35.6. The summed E-state index contributed by atoms with van der Waals surface area (Å²) < 4.78 is 23.8. The lowest BCUT2D eigenvalue weighted by molar-refractivity contribution is 0.100. The van der Waals surface area contributed by atoms with Gasteiger partial charge in [-0.1, -0.05) is 57.7 Å².